The number of carbonyl (C=O) groups is 1. The highest BCUT2D eigenvalue weighted by Crippen LogP contribution is 2.49. The molecule has 0 saturated heterocycles. The van der Waals surface area contributed by atoms with Crippen molar-refractivity contribution in [1.82, 2.24) is 15.3 Å². The van der Waals surface area contributed by atoms with Crippen molar-refractivity contribution in [2.24, 2.45) is 0 Å². The van der Waals surface area contributed by atoms with E-state index in [4.69, 9.17) is 5.26 Å². The van der Waals surface area contributed by atoms with Crippen LogP contribution in [0.1, 0.15) is 48.2 Å². The number of amides is 1. The molecule has 1 saturated carbocycles. The van der Waals surface area contributed by atoms with Crippen molar-refractivity contribution in [3.8, 4) is 6.07 Å². The third-order valence-corrected chi connectivity index (χ3v) is 5.61. The molecule has 1 amide bonds. The Kier molecular flexibility index (Phi) is 4.42. The van der Waals surface area contributed by atoms with Gasteiger partial charge in [-0.1, -0.05) is 0 Å². The lowest BCUT2D eigenvalue weighted by Gasteiger charge is -2.21. The molecule has 0 spiro atoms. The summed E-state index contributed by atoms with van der Waals surface area (Å²) < 4.78 is 13.7. The standard InChI is InChI=1S/C22H19FN4O2/c1-12-16-9-15(23)4-6-18(16)27-20(28)19(12)22(7-8-22)21(29)26-13(2)17-5-3-14(10-24)11-25-17/h3-6,9,11,13H,7-8H2,1-2H3,(H,26,29)(H,27,28)/t13-/m1/s1. The molecule has 1 aromatic carbocycles. The molecular formula is C22H19FN4O2. The number of carbonyl (C=O) groups excluding carboxylic acids is 1. The Morgan fingerprint density at radius 2 is 2.10 bits per heavy atom. The van der Waals surface area contributed by atoms with Gasteiger partial charge in [-0.2, -0.15) is 5.26 Å². The summed E-state index contributed by atoms with van der Waals surface area (Å²) in [6, 6.07) is 9.16. The van der Waals surface area contributed by atoms with Crippen LogP contribution in [0.3, 0.4) is 0 Å². The molecule has 0 bridgehead atoms. The molecule has 3 aromatic rings. The summed E-state index contributed by atoms with van der Waals surface area (Å²) >= 11 is 0. The minimum atomic E-state index is -0.918. The lowest BCUT2D eigenvalue weighted by atomic mass is 9.90. The van der Waals surface area contributed by atoms with Crippen LogP contribution in [0.15, 0.2) is 41.3 Å². The van der Waals surface area contributed by atoms with E-state index in [9.17, 15) is 14.0 Å². The smallest absolute Gasteiger partial charge is 0.252 e. The molecule has 0 aliphatic heterocycles. The second-order valence-electron chi connectivity index (χ2n) is 7.50. The predicted molar refractivity (Wildman–Crippen MR) is 106 cm³/mol. The molecule has 0 unspecified atom stereocenters. The number of aromatic nitrogens is 2. The van der Waals surface area contributed by atoms with Gasteiger partial charge in [-0.05, 0) is 62.6 Å². The Balaban J connectivity index is 1.67. The topological polar surface area (TPSA) is 98.6 Å². The molecule has 1 atom stereocenters. The van der Waals surface area contributed by atoms with Crippen molar-refractivity contribution < 1.29 is 9.18 Å². The van der Waals surface area contributed by atoms with Gasteiger partial charge in [-0.15, -0.1) is 0 Å². The average molecular weight is 390 g/mol. The maximum atomic E-state index is 13.7. The minimum Gasteiger partial charge on any atom is -0.347 e. The third kappa shape index (κ3) is 3.17. The Bertz CT molecular complexity index is 1220. The Labute approximate surface area is 166 Å². The van der Waals surface area contributed by atoms with Gasteiger partial charge >= 0.3 is 0 Å². The molecule has 4 rings (SSSR count). The fourth-order valence-corrected chi connectivity index (χ4v) is 3.85. The van der Waals surface area contributed by atoms with Crippen LogP contribution in [-0.4, -0.2) is 15.9 Å². The summed E-state index contributed by atoms with van der Waals surface area (Å²) in [5.74, 6) is -0.645. The number of aryl methyl sites for hydroxylation is 1. The van der Waals surface area contributed by atoms with Crippen molar-refractivity contribution in [2.75, 3.05) is 0 Å². The number of hydrogen-bond acceptors (Lipinski definition) is 4. The van der Waals surface area contributed by atoms with Crippen molar-refractivity contribution in [3.05, 3.63) is 75.1 Å². The van der Waals surface area contributed by atoms with Crippen molar-refractivity contribution in [1.29, 1.82) is 5.26 Å². The Morgan fingerprint density at radius 3 is 2.72 bits per heavy atom. The normalized spacial score (nSPS) is 15.5. The molecule has 2 N–H and O–H groups in total. The van der Waals surface area contributed by atoms with Crippen molar-refractivity contribution in [3.63, 3.8) is 0 Å². The number of halogens is 1. The fraction of sp³-hybridized carbons (Fsp3) is 0.273. The number of H-pyrrole nitrogens is 1. The Hall–Kier alpha value is -3.53. The summed E-state index contributed by atoms with van der Waals surface area (Å²) in [4.78, 5) is 32.9. The number of hydrogen-bond donors (Lipinski definition) is 2. The van der Waals surface area contributed by atoms with E-state index in [1.165, 1.54) is 24.4 Å². The van der Waals surface area contributed by atoms with E-state index in [1.807, 2.05) is 6.07 Å². The first-order chi connectivity index (χ1) is 13.9. The zero-order chi connectivity index (χ0) is 20.8. The van der Waals surface area contributed by atoms with Gasteiger partial charge in [0.1, 0.15) is 11.9 Å². The van der Waals surface area contributed by atoms with E-state index in [0.717, 1.165) is 0 Å². The van der Waals surface area contributed by atoms with Gasteiger partial charge in [-0.3, -0.25) is 14.6 Å². The Morgan fingerprint density at radius 1 is 1.34 bits per heavy atom. The number of fused-ring (bicyclic) bond motifs is 1. The summed E-state index contributed by atoms with van der Waals surface area (Å²) in [6.07, 6.45) is 2.56. The van der Waals surface area contributed by atoms with E-state index < -0.39 is 11.2 Å². The molecule has 1 aliphatic rings. The minimum absolute atomic E-state index is 0.250. The number of nitriles is 1. The van der Waals surface area contributed by atoms with Gasteiger partial charge in [0.2, 0.25) is 5.91 Å². The molecule has 0 radical (unpaired) electrons. The summed E-state index contributed by atoms with van der Waals surface area (Å²) in [6.45, 7) is 3.56. The van der Waals surface area contributed by atoms with Crippen LogP contribution >= 0.6 is 0 Å². The number of nitrogens with zero attached hydrogens (tertiary/aromatic N) is 2. The first-order valence-electron chi connectivity index (χ1n) is 9.35. The SMILES string of the molecule is Cc1c(C2(C(=O)N[C@H](C)c3ccc(C#N)cn3)CC2)c(=O)[nH]c2ccc(F)cc12. The zero-order valence-electron chi connectivity index (χ0n) is 16.0. The second-order valence-corrected chi connectivity index (χ2v) is 7.50. The van der Waals surface area contributed by atoms with Gasteiger partial charge < -0.3 is 10.3 Å². The number of nitrogens with one attached hydrogen (secondary N) is 2. The molecule has 6 nitrogen and oxygen atoms in total. The summed E-state index contributed by atoms with van der Waals surface area (Å²) in [5, 5.41) is 12.4. The quantitative estimate of drug-likeness (QED) is 0.715. The van der Waals surface area contributed by atoms with E-state index >= 15 is 0 Å². The number of aromatic amines is 1. The van der Waals surface area contributed by atoms with Crippen molar-refractivity contribution >= 4 is 16.8 Å². The molecule has 2 heterocycles. The summed E-state index contributed by atoms with van der Waals surface area (Å²) in [5.41, 5.74) is 1.39. The summed E-state index contributed by atoms with van der Waals surface area (Å²) in [7, 11) is 0. The molecule has 7 heteroatoms. The van der Waals surface area contributed by atoms with Crippen LogP contribution in [0.4, 0.5) is 4.39 Å². The van der Waals surface area contributed by atoms with Gasteiger partial charge in [-0.25, -0.2) is 4.39 Å². The van der Waals surface area contributed by atoms with Crippen LogP contribution < -0.4 is 10.9 Å². The van der Waals surface area contributed by atoms with E-state index in [0.29, 0.717) is 46.1 Å². The van der Waals surface area contributed by atoms with E-state index in [-0.39, 0.29) is 17.5 Å². The zero-order valence-corrected chi connectivity index (χ0v) is 16.0. The fourth-order valence-electron chi connectivity index (χ4n) is 3.85. The highest BCUT2D eigenvalue weighted by molar-refractivity contribution is 5.94. The van der Waals surface area contributed by atoms with Gasteiger partial charge in [0.25, 0.3) is 5.56 Å². The number of benzene rings is 1. The lowest BCUT2D eigenvalue weighted by molar-refractivity contribution is -0.124. The van der Waals surface area contributed by atoms with Crippen molar-refractivity contribution in [2.45, 2.75) is 38.1 Å². The van der Waals surface area contributed by atoms with Gasteiger partial charge in [0, 0.05) is 22.7 Å². The lowest BCUT2D eigenvalue weighted by Crippen LogP contribution is -2.40. The molecule has 146 valence electrons. The van der Waals surface area contributed by atoms with Crippen LogP contribution in [-0.2, 0) is 10.2 Å². The second kappa shape index (κ2) is 6.82. The van der Waals surface area contributed by atoms with Crippen LogP contribution in [0.2, 0.25) is 0 Å². The molecule has 1 fully saturated rings. The van der Waals surface area contributed by atoms with Crippen LogP contribution in [0.25, 0.3) is 10.9 Å². The maximum absolute atomic E-state index is 13.7. The van der Waals surface area contributed by atoms with Crippen LogP contribution in [0.5, 0.6) is 0 Å². The first-order valence-corrected chi connectivity index (χ1v) is 9.35. The number of rotatable bonds is 4. The van der Waals surface area contributed by atoms with Gasteiger partial charge in [0.15, 0.2) is 0 Å². The molecule has 2 aromatic heterocycles. The average Bonchev–Trinajstić information content (AvgIpc) is 3.50. The first kappa shape index (κ1) is 18.8. The van der Waals surface area contributed by atoms with E-state index in [1.54, 1.807) is 26.0 Å². The maximum Gasteiger partial charge on any atom is 0.252 e. The number of pyridine rings is 2. The highest BCUT2D eigenvalue weighted by Gasteiger charge is 2.54. The predicted octanol–water partition coefficient (Wildman–Crippen LogP) is 3.15. The molecule has 1 aliphatic carbocycles. The largest absolute Gasteiger partial charge is 0.347 e. The third-order valence-electron chi connectivity index (χ3n) is 5.61. The molecule has 29 heavy (non-hydrogen) atoms. The van der Waals surface area contributed by atoms with Crippen LogP contribution in [0, 0.1) is 24.1 Å². The van der Waals surface area contributed by atoms with Gasteiger partial charge in [0.05, 0.1) is 22.7 Å². The highest BCUT2D eigenvalue weighted by atomic mass is 19.1. The van der Waals surface area contributed by atoms with E-state index in [2.05, 4.69) is 15.3 Å². The molecular weight excluding hydrogens is 371 g/mol. The monoisotopic (exact) mass is 390 g/mol.